The number of nitrogens with zero attached hydrogens (tertiary/aromatic N) is 2. The van der Waals surface area contributed by atoms with Crippen molar-refractivity contribution in [1.29, 1.82) is 5.26 Å². The topological polar surface area (TPSA) is 56.1 Å². The Hall–Kier alpha value is -1.94. The number of carbonyl (C=O) groups is 1. The second-order valence-electron chi connectivity index (χ2n) is 5.37. The molecule has 0 aliphatic carbocycles. The molecule has 1 saturated heterocycles. The fraction of sp³-hybridized carbons (Fsp3) is 0.467. The number of hydrogen-bond donors (Lipinski definition) is 1. The van der Waals surface area contributed by atoms with Gasteiger partial charge in [0.1, 0.15) is 12.6 Å². The van der Waals surface area contributed by atoms with E-state index in [1.54, 1.807) is 23.1 Å². The molecule has 0 aromatic heterocycles. The van der Waals surface area contributed by atoms with Gasteiger partial charge in [0.05, 0.1) is 22.2 Å². The van der Waals surface area contributed by atoms with E-state index in [9.17, 15) is 23.2 Å². The van der Waals surface area contributed by atoms with Gasteiger partial charge in [0.2, 0.25) is 5.91 Å². The first-order chi connectivity index (χ1) is 10.8. The molecule has 23 heavy (non-hydrogen) atoms. The lowest BCUT2D eigenvalue weighted by Gasteiger charge is -2.34. The van der Waals surface area contributed by atoms with E-state index in [1.165, 1.54) is 0 Å². The Morgan fingerprint density at radius 1 is 1.48 bits per heavy atom. The summed E-state index contributed by atoms with van der Waals surface area (Å²) in [5.41, 5.74) is 0.916. The van der Waals surface area contributed by atoms with Gasteiger partial charge in [0.15, 0.2) is 0 Å². The average Bonchev–Trinajstić information content (AvgIpc) is 2.51. The van der Waals surface area contributed by atoms with Crippen LogP contribution in [-0.2, 0) is 4.79 Å². The highest BCUT2D eigenvalue weighted by atomic mass is 35.5. The second-order valence-corrected chi connectivity index (χ2v) is 5.77. The van der Waals surface area contributed by atoms with Crippen molar-refractivity contribution in [1.82, 2.24) is 5.32 Å². The molecule has 1 aliphatic rings. The highest BCUT2D eigenvalue weighted by Gasteiger charge is 2.32. The van der Waals surface area contributed by atoms with E-state index < -0.39 is 24.5 Å². The third-order valence-electron chi connectivity index (χ3n) is 3.68. The molecule has 0 radical (unpaired) electrons. The SMILES string of the molecule is N#Cc1cccc(Cl)c1N1CCCC(C(=O)NCC(F)(F)F)C1. The van der Waals surface area contributed by atoms with Crippen molar-refractivity contribution in [3.63, 3.8) is 0 Å². The quantitative estimate of drug-likeness (QED) is 0.915. The van der Waals surface area contributed by atoms with Gasteiger partial charge in [0, 0.05) is 13.1 Å². The molecule has 1 aliphatic heterocycles. The summed E-state index contributed by atoms with van der Waals surface area (Å²) >= 11 is 6.15. The summed E-state index contributed by atoms with van der Waals surface area (Å²) in [7, 11) is 0. The minimum absolute atomic E-state index is 0.238. The number of amides is 1. The van der Waals surface area contributed by atoms with Crippen LogP contribution in [0.4, 0.5) is 18.9 Å². The van der Waals surface area contributed by atoms with Gasteiger partial charge in [-0.3, -0.25) is 4.79 Å². The molecule has 2 rings (SSSR count). The highest BCUT2D eigenvalue weighted by Crippen LogP contribution is 2.32. The van der Waals surface area contributed by atoms with Gasteiger partial charge >= 0.3 is 6.18 Å². The van der Waals surface area contributed by atoms with Crippen LogP contribution < -0.4 is 10.2 Å². The molecular formula is C15H15ClF3N3O. The predicted octanol–water partition coefficient (Wildman–Crippen LogP) is 3.11. The Labute approximate surface area is 136 Å². The Morgan fingerprint density at radius 2 is 2.22 bits per heavy atom. The van der Waals surface area contributed by atoms with Crippen LogP contribution >= 0.6 is 11.6 Å². The third-order valence-corrected chi connectivity index (χ3v) is 3.98. The van der Waals surface area contributed by atoms with Crippen LogP contribution in [0.3, 0.4) is 0 Å². The maximum atomic E-state index is 12.2. The number of para-hydroxylation sites is 1. The smallest absolute Gasteiger partial charge is 0.368 e. The molecule has 0 spiro atoms. The van der Waals surface area contributed by atoms with Crippen LogP contribution in [0.25, 0.3) is 0 Å². The minimum Gasteiger partial charge on any atom is -0.368 e. The summed E-state index contributed by atoms with van der Waals surface area (Å²) < 4.78 is 36.6. The van der Waals surface area contributed by atoms with E-state index in [-0.39, 0.29) is 6.54 Å². The highest BCUT2D eigenvalue weighted by molar-refractivity contribution is 6.33. The van der Waals surface area contributed by atoms with Gasteiger partial charge in [-0.05, 0) is 25.0 Å². The lowest BCUT2D eigenvalue weighted by molar-refractivity contribution is -0.140. The summed E-state index contributed by atoms with van der Waals surface area (Å²) in [5, 5.41) is 11.5. The van der Waals surface area contributed by atoms with Crippen LogP contribution in [0.5, 0.6) is 0 Å². The number of alkyl halides is 3. The number of hydrogen-bond acceptors (Lipinski definition) is 3. The Balaban J connectivity index is 2.10. The van der Waals surface area contributed by atoms with Gasteiger partial charge in [-0.25, -0.2) is 0 Å². The molecule has 1 heterocycles. The van der Waals surface area contributed by atoms with Crippen molar-refractivity contribution in [3.8, 4) is 6.07 Å². The first-order valence-corrected chi connectivity index (χ1v) is 7.47. The lowest BCUT2D eigenvalue weighted by Crippen LogP contribution is -2.45. The van der Waals surface area contributed by atoms with E-state index in [1.807, 2.05) is 11.4 Å². The molecule has 1 unspecified atom stereocenters. The van der Waals surface area contributed by atoms with Gasteiger partial charge < -0.3 is 10.2 Å². The van der Waals surface area contributed by atoms with E-state index in [0.717, 1.165) is 0 Å². The Kier molecular flexibility index (Phi) is 5.37. The summed E-state index contributed by atoms with van der Waals surface area (Å²) in [6, 6.07) is 6.97. The minimum atomic E-state index is -4.43. The summed E-state index contributed by atoms with van der Waals surface area (Å²) in [6.45, 7) is -0.499. The van der Waals surface area contributed by atoms with E-state index in [4.69, 9.17) is 11.6 Å². The molecule has 1 amide bonds. The lowest BCUT2D eigenvalue weighted by atomic mass is 9.96. The van der Waals surface area contributed by atoms with Crippen LogP contribution in [0.1, 0.15) is 18.4 Å². The number of carbonyl (C=O) groups excluding carboxylic acids is 1. The van der Waals surface area contributed by atoms with Gasteiger partial charge in [0.25, 0.3) is 0 Å². The number of rotatable bonds is 3. The van der Waals surface area contributed by atoms with Crippen LogP contribution in [0, 0.1) is 17.2 Å². The van der Waals surface area contributed by atoms with Gasteiger partial charge in [-0.2, -0.15) is 18.4 Å². The third kappa shape index (κ3) is 4.52. The van der Waals surface area contributed by atoms with Crippen molar-refractivity contribution < 1.29 is 18.0 Å². The number of halogens is 4. The molecule has 1 fully saturated rings. The summed E-state index contributed by atoms with van der Waals surface area (Å²) in [5.74, 6) is -1.19. The maximum absolute atomic E-state index is 12.2. The standard InChI is InChI=1S/C15H15ClF3N3O/c16-12-5-1-3-10(7-20)13(12)22-6-2-4-11(8-22)14(23)21-9-15(17,18)19/h1,3,5,11H,2,4,6,8-9H2,(H,21,23). The zero-order chi connectivity index (χ0) is 17.0. The fourth-order valence-electron chi connectivity index (χ4n) is 2.65. The molecule has 1 N–H and O–H groups in total. The number of nitrogens with one attached hydrogen (secondary N) is 1. The maximum Gasteiger partial charge on any atom is 0.405 e. The molecule has 1 aromatic rings. The molecule has 0 bridgehead atoms. The molecular weight excluding hydrogens is 331 g/mol. The molecule has 1 atom stereocenters. The first-order valence-electron chi connectivity index (χ1n) is 7.10. The number of anilines is 1. The molecule has 8 heteroatoms. The summed E-state index contributed by atoms with van der Waals surface area (Å²) in [6.07, 6.45) is -3.28. The number of nitriles is 1. The van der Waals surface area contributed by atoms with Gasteiger partial charge in [-0.1, -0.05) is 17.7 Å². The average molecular weight is 346 g/mol. The van der Waals surface area contributed by atoms with Crippen molar-refractivity contribution in [2.24, 2.45) is 5.92 Å². The number of piperidine rings is 1. The van der Waals surface area contributed by atoms with Crippen LogP contribution in [-0.4, -0.2) is 31.7 Å². The van der Waals surface area contributed by atoms with E-state index >= 15 is 0 Å². The van der Waals surface area contributed by atoms with Crippen molar-refractivity contribution in [3.05, 3.63) is 28.8 Å². The van der Waals surface area contributed by atoms with Crippen molar-refractivity contribution in [2.45, 2.75) is 19.0 Å². The zero-order valence-electron chi connectivity index (χ0n) is 12.2. The predicted molar refractivity (Wildman–Crippen MR) is 80.2 cm³/mol. The second kappa shape index (κ2) is 7.09. The van der Waals surface area contributed by atoms with Crippen molar-refractivity contribution >= 4 is 23.2 Å². The van der Waals surface area contributed by atoms with E-state index in [2.05, 4.69) is 0 Å². The Morgan fingerprint density at radius 3 is 2.87 bits per heavy atom. The normalized spacial score (nSPS) is 18.4. The van der Waals surface area contributed by atoms with Crippen LogP contribution in [0.2, 0.25) is 5.02 Å². The first kappa shape index (κ1) is 17.4. The monoisotopic (exact) mass is 345 g/mol. The summed E-state index contributed by atoms with van der Waals surface area (Å²) in [4.78, 5) is 13.7. The molecule has 1 aromatic carbocycles. The zero-order valence-corrected chi connectivity index (χ0v) is 12.9. The number of benzene rings is 1. The van der Waals surface area contributed by atoms with Crippen molar-refractivity contribution in [2.75, 3.05) is 24.5 Å². The van der Waals surface area contributed by atoms with Crippen LogP contribution in [0.15, 0.2) is 18.2 Å². The molecule has 4 nitrogen and oxygen atoms in total. The largest absolute Gasteiger partial charge is 0.405 e. The fourth-order valence-corrected chi connectivity index (χ4v) is 2.95. The molecule has 0 saturated carbocycles. The van der Waals surface area contributed by atoms with E-state index in [0.29, 0.717) is 35.7 Å². The van der Waals surface area contributed by atoms with Gasteiger partial charge in [-0.15, -0.1) is 0 Å². The Bertz CT molecular complexity index is 627. The molecule has 124 valence electrons.